The predicted molar refractivity (Wildman–Crippen MR) is 56.0 cm³/mol. The zero-order valence-corrected chi connectivity index (χ0v) is 8.84. The first-order chi connectivity index (χ1) is 7.14. The third-order valence-corrected chi connectivity index (χ3v) is 3.36. The average Bonchev–Trinajstić information content (AvgIpc) is 2.80. The van der Waals surface area contributed by atoms with Crippen molar-refractivity contribution in [3.05, 3.63) is 22.4 Å². The van der Waals surface area contributed by atoms with E-state index in [4.69, 9.17) is 5.11 Å². The summed E-state index contributed by atoms with van der Waals surface area (Å²) in [4.78, 5) is 22.3. The molecule has 0 bridgehead atoms. The third-order valence-electron chi connectivity index (χ3n) is 2.68. The Labute approximate surface area is 90.9 Å². The summed E-state index contributed by atoms with van der Waals surface area (Å²) in [6.45, 7) is 0.233. The highest BCUT2D eigenvalue weighted by molar-refractivity contribution is 7.08. The monoisotopic (exact) mass is 225 g/mol. The molecule has 0 saturated heterocycles. The van der Waals surface area contributed by atoms with Gasteiger partial charge in [-0.25, -0.2) is 0 Å². The van der Waals surface area contributed by atoms with Crippen molar-refractivity contribution >= 4 is 23.2 Å². The molecule has 0 aliphatic heterocycles. The lowest BCUT2D eigenvalue weighted by Gasteiger charge is -2.10. The fourth-order valence-corrected chi connectivity index (χ4v) is 2.00. The molecule has 5 heteroatoms. The second kappa shape index (κ2) is 3.66. The number of carbonyl (C=O) groups excluding carboxylic acids is 1. The van der Waals surface area contributed by atoms with Gasteiger partial charge in [0.2, 0.25) is 0 Å². The van der Waals surface area contributed by atoms with E-state index >= 15 is 0 Å². The Hall–Kier alpha value is -1.36. The molecule has 1 fully saturated rings. The molecular weight excluding hydrogens is 214 g/mol. The number of thiophene rings is 1. The summed E-state index contributed by atoms with van der Waals surface area (Å²) in [5, 5.41) is 15.1. The molecule has 1 saturated carbocycles. The molecule has 0 atom stereocenters. The van der Waals surface area contributed by atoms with Crippen LogP contribution in [0, 0.1) is 5.41 Å². The first kappa shape index (κ1) is 10.2. The van der Waals surface area contributed by atoms with Crippen LogP contribution in [0.5, 0.6) is 0 Å². The van der Waals surface area contributed by atoms with Crippen molar-refractivity contribution in [3.8, 4) is 0 Å². The Morgan fingerprint density at radius 1 is 1.53 bits per heavy atom. The van der Waals surface area contributed by atoms with Gasteiger partial charge in [0.25, 0.3) is 5.91 Å². The van der Waals surface area contributed by atoms with E-state index in [0.717, 1.165) is 0 Å². The van der Waals surface area contributed by atoms with Crippen molar-refractivity contribution in [1.82, 2.24) is 5.32 Å². The van der Waals surface area contributed by atoms with Crippen molar-refractivity contribution in [2.24, 2.45) is 5.41 Å². The molecule has 2 rings (SSSR count). The summed E-state index contributed by atoms with van der Waals surface area (Å²) in [5.41, 5.74) is -0.0905. The minimum Gasteiger partial charge on any atom is -0.481 e. The van der Waals surface area contributed by atoms with Gasteiger partial charge in [-0.1, -0.05) is 0 Å². The van der Waals surface area contributed by atoms with Gasteiger partial charge in [-0.3, -0.25) is 9.59 Å². The van der Waals surface area contributed by atoms with Crippen LogP contribution >= 0.6 is 11.3 Å². The van der Waals surface area contributed by atoms with Crippen LogP contribution in [0.3, 0.4) is 0 Å². The number of carboxylic acid groups (broad SMARTS) is 1. The lowest BCUT2D eigenvalue weighted by atomic mass is 10.1. The van der Waals surface area contributed by atoms with E-state index in [9.17, 15) is 9.59 Å². The second-order valence-corrected chi connectivity index (χ2v) is 4.56. The van der Waals surface area contributed by atoms with Gasteiger partial charge < -0.3 is 10.4 Å². The van der Waals surface area contributed by atoms with E-state index in [1.165, 1.54) is 11.3 Å². The second-order valence-electron chi connectivity index (χ2n) is 3.78. The Kier molecular flexibility index (Phi) is 2.48. The summed E-state index contributed by atoms with van der Waals surface area (Å²) >= 11 is 1.45. The normalized spacial score (nSPS) is 17.1. The molecule has 1 amide bonds. The molecule has 1 heterocycles. The maximum absolute atomic E-state index is 11.5. The fraction of sp³-hybridized carbons (Fsp3) is 0.400. The van der Waals surface area contributed by atoms with Crippen LogP contribution in [-0.4, -0.2) is 23.5 Å². The molecule has 2 N–H and O–H groups in total. The maximum atomic E-state index is 11.5. The maximum Gasteiger partial charge on any atom is 0.311 e. The minimum atomic E-state index is -0.812. The average molecular weight is 225 g/mol. The summed E-state index contributed by atoms with van der Waals surface area (Å²) in [6.07, 6.45) is 1.32. The molecule has 15 heavy (non-hydrogen) atoms. The lowest BCUT2D eigenvalue weighted by Crippen LogP contribution is -2.33. The lowest BCUT2D eigenvalue weighted by molar-refractivity contribution is -0.143. The topological polar surface area (TPSA) is 66.4 Å². The first-order valence-electron chi connectivity index (χ1n) is 4.68. The molecule has 1 aromatic rings. The SMILES string of the molecule is O=C(NCC1(C(=O)O)CC1)c1ccsc1. The predicted octanol–water partition coefficient (Wildman–Crippen LogP) is 1.34. The summed E-state index contributed by atoms with van der Waals surface area (Å²) < 4.78 is 0. The van der Waals surface area contributed by atoms with Crippen molar-refractivity contribution in [2.45, 2.75) is 12.8 Å². The van der Waals surface area contributed by atoms with E-state index in [-0.39, 0.29) is 12.5 Å². The van der Waals surface area contributed by atoms with Crippen LogP contribution in [0.15, 0.2) is 16.8 Å². The third kappa shape index (κ3) is 2.02. The van der Waals surface area contributed by atoms with Gasteiger partial charge in [-0.15, -0.1) is 0 Å². The van der Waals surface area contributed by atoms with E-state index in [0.29, 0.717) is 18.4 Å². The van der Waals surface area contributed by atoms with E-state index in [2.05, 4.69) is 5.32 Å². The Bertz CT molecular complexity index is 381. The van der Waals surface area contributed by atoms with Crippen molar-refractivity contribution in [3.63, 3.8) is 0 Å². The molecular formula is C10H11NO3S. The highest BCUT2D eigenvalue weighted by Crippen LogP contribution is 2.45. The molecule has 80 valence electrons. The highest BCUT2D eigenvalue weighted by atomic mass is 32.1. The first-order valence-corrected chi connectivity index (χ1v) is 5.62. The number of aliphatic carboxylic acids is 1. The summed E-state index contributed by atoms with van der Waals surface area (Å²) in [5.74, 6) is -1.00. The van der Waals surface area contributed by atoms with E-state index in [1.807, 2.05) is 5.38 Å². The zero-order valence-electron chi connectivity index (χ0n) is 8.03. The highest BCUT2D eigenvalue weighted by Gasteiger charge is 2.50. The molecule has 1 aliphatic rings. The van der Waals surface area contributed by atoms with Gasteiger partial charge in [-0.05, 0) is 24.3 Å². The molecule has 0 aromatic carbocycles. The molecule has 0 unspecified atom stereocenters. The smallest absolute Gasteiger partial charge is 0.311 e. The standard InChI is InChI=1S/C10H11NO3S/c12-8(7-1-4-15-5-7)11-6-10(2-3-10)9(13)14/h1,4-5H,2-3,6H2,(H,11,12)(H,13,14). The van der Waals surface area contributed by atoms with Crippen LogP contribution in [0.25, 0.3) is 0 Å². The molecule has 0 radical (unpaired) electrons. The van der Waals surface area contributed by atoms with Crippen LogP contribution in [0.2, 0.25) is 0 Å². The number of carbonyl (C=O) groups is 2. The Morgan fingerprint density at radius 3 is 2.73 bits per heavy atom. The number of nitrogens with one attached hydrogen (secondary N) is 1. The summed E-state index contributed by atoms with van der Waals surface area (Å²) in [6, 6.07) is 1.72. The quantitative estimate of drug-likeness (QED) is 0.812. The van der Waals surface area contributed by atoms with Crippen molar-refractivity contribution in [1.29, 1.82) is 0 Å². The number of rotatable bonds is 4. The van der Waals surface area contributed by atoms with Crippen LogP contribution in [0.4, 0.5) is 0 Å². The van der Waals surface area contributed by atoms with Gasteiger partial charge in [0.15, 0.2) is 0 Å². The van der Waals surface area contributed by atoms with Crippen LogP contribution in [0.1, 0.15) is 23.2 Å². The fourth-order valence-electron chi connectivity index (χ4n) is 1.36. The molecule has 0 spiro atoms. The van der Waals surface area contributed by atoms with E-state index in [1.54, 1.807) is 11.4 Å². The van der Waals surface area contributed by atoms with Crippen LogP contribution < -0.4 is 5.32 Å². The number of hydrogen-bond acceptors (Lipinski definition) is 3. The van der Waals surface area contributed by atoms with Gasteiger partial charge in [0.05, 0.1) is 5.41 Å². The minimum absolute atomic E-state index is 0.191. The Morgan fingerprint density at radius 2 is 2.27 bits per heavy atom. The number of amides is 1. The van der Waals surface area contributed by atoms with E-state index < -0.39 is 11.4 Å². The molecule has 1 aromatic heterocycles. The molecule has 4 nitrogen and oxygen atoms in total. The van der Waals surface area contributed by atoms with Gasteiger partial charge >= 0.3 is 5.97 Å². The zero-order chi connectivity index (χ0) is 10.9. The largest absolute Gasteiger partial charge is 0.481 e. The van der Waals surface area contributed by atoms with Crippen molar-refractivity contribution in [2.75, 3.05) is 6.54 Å². The number of carboxylic acids is 1. The van der Waals surface area contributed by atoms with Gasteiger partial charge in [0, 0.05) is 17.5 Å². The molecule has 1 aliphatic carbocycles. The van der Waals surface area contributed by atoms with Gasteiger partial charge in [-0.2, -0.15) is 11.3 Å². The van der Waals surface area contributed by atoms with Crippen molar-refractivity contribution < 1.29 is 14.7 Å². The number of hydrogen-bond donors (Lipinski definition) is 2. The van der Waals surface area contributed by atoms with Gasteiger partial charge in [0.1, 0.15) is 0 Å². The van der Waals surface area contributed by atoms with Crippen LogP contribution in [-0.2, 0) is 4.79 Å². The summed E-state index contributed by atoms with van der Waals surface area (Å²) in [7, 11) is 0. The Balaban J connectivity index is 1.89.